The minimum Gasteiger partial charge on any atom is -0.484 e. The van der Waals surface area contributed by atoms with Crippen molar-refractivity contribution in [2.75, 3.05) is 26.3 Å². The molecule has 0 radical (unpaired) electrons. The van der Waals surface area contributed by atoms with E-state index in [0.717, 1.165) is 24.8 Å². The van der Waals surface area contributed by atoms with Crippen LogP contribution < -0.4 is 15.4 Å². The lowest BCUT2D eigenvalue weighted by molar-refractivity contribution is -0.153. The monoisotopic (exact) mass is 517 g/mol. The van der Waals surface area contributed by atoms with E-state index in [0.29, 0.717) is 31.5 Å². The molecule has 3 N–H and O–H groups in total. The summed E-state index contributed by atoms with van der Waals surface area (Å²) in [6.07, 6.45) is -1.56. The Bertz CT molecular complexity index is 566. The first-order valence-corrected chi connectivity index (χ1v) is 9.29. The molecule has 1 unspecified atom stereocenters. The van der Waals surface area contributed by atoms with Gasteiger partial charge in [-0.05, 0) is 43.4 Å². The van der Waals surface area contributed by atoms with Crippen molar-refractivity contribution in [2.24, 2.45) is 10.9 Å². The van der Waals surface area contributed by atoms with E-state index in [4.69, 9.17) is 9.84 Å². The summed E-state index contributed by atoms with van der Waals surface area (Å²) in [5, 5.41) is 15.6. The molecule has 1 atom stereocenters. The first kappa shape index (κ1) is 26.8. The van der Waals surface area contributed by atoms with Crippen LogP contribution in [0.4, 0.5) is 13.2 Å². The summed E-state index contributed by atoms with van der Waals surface area (Å²) in [7, 11) is 0. The topological polar surface area (TPSA) is 65.9 Å². The summed E-state index contributed by atoms with van der Waals surface area (Å²) in [6, 6.07) is 6.49. The van der Waals surface area contributed by atoms with E-state index in [2.05, 4.69) is 22.5 Å². The van der Waals surface area contributed by atoms with Crippen LogP contribution in [0.3, 0.4) is 0 Å². The molecule has 0 aliphatic rings. The molecular formula is C19H31F3IN3O2. The molecule has 0 saturated carbocycles. The Labute approximate surface area is 182 Å². The third kappa shape index (κ3) is 12.3. The molecule has 0 bridgehead atoms. The number of nitrogens with one attached hydrogen (secondary N) is 2. The Morgan fingerprint density at radius 3 is 2.57 bits per heavy atom. The predicted molar refractivity (Wildman–Crippen MR) is 116 cm³/mol. The van der Waals surface area contributed by atoms with Crippen molar-refractivity contribution in [2.45, 2.75) is 45.8 Å². The lowest BCUT2D eigenvalue weighted by Crippen LogP contribution is -2.40. The zero-order valence-electron chi connectivity index (χ0n) is 16.4. The first-order chi connectivity index (χ1) is 12.9. The van der Waals surface area contributed by atoms with Gasteiger partial charge in [-0.25, -0.2) is 4.99 Å². The largest absolute Gasteiger partial charge is 0.484 e. The lowest BCUT2D eigenvalue weighted by Gasteiger charge is -2.18. The van der Waals surface area contributed by atoms with Gasteiger partial charge in [-0.15, -0.1) is 24.0 Å². The SMILES string of the molecule is CCCC(CCO)CNC(=NCc1cccc(OCC(F)(F)F)c1)NCC.I. The zero-order valence-corrected chi connectivity index (χ0v) is 18.7. The molecule has 1 aromatic carbocycles. The van der Waals surface area contributed by atoms with Crippen LogP contribution in [-0.2, 0) is 6.54 Å². The standard InChI is InChI=1S/C19H30F3N3O2.HI/c1-3-6-15(9-10-26)12-24-18(23-4-2)25-13-16-7-5-8-17(11-16)27-14-19(20,21)22;/h5,7-8,11,15,26H,3-4,6,9-10,12-14H2,1-2H3,(H2,23,24,25);1H. The van der Waals surface area contributed by atoms with Crippen LogP contribution in [-0.4, -0.2) is 43.5 Å². The first-order valence-electron chi connectivity index (χ1n) is 9.29. The normalized spacial score (nSPS) is 12.9. The molecule has 5 nitrogen and oxygen atoms in total. The van der Waals surface area contributed by atoms with Gasteiger partial charge in [-0.2, -0.15) is 13.2 Å². The highest BCUT2D eigenvalue weighted by Gasteiger charge is 2.28. The lowest BCUT2D eigenvalue weighted by atomic mass is 10.0. The maximum Gasteiger partial charge on any atom is 0.422 e. The van der Waals surface area contributed by atoms with Gasteiger partial charge in [0.05, 0.1) is 6.54 Å². The second-order valence-electron chi connectivity index (χ2n) is 6.29. The van der Waals surface area contributed by atoms with E-state index in [9.17, 15) is 13.2 Å². The second kappa shape index (κ2) is 14.7. The number of guanidine groups is 1. The Balaban J connectivity index is 0.00000729. The smallest absolute Gasteiger partial charge is 0.422 e. The van der Waals surface area contributed by atoms with E-state index >= 15 is 0 Å². The van der Waals surface area contributed by atoms with Crippen LogP contribution >= 0.6 is 24.0 Å². The fraction of sp³-hybridized carbons (Fsp3) is 0.632. The Morgan fingerprint density at radius 2 is 1.96 bits per heavy atom. The molecule has 28 heavy (non-hydrogen) atoms. The number of hydrogen-bond donors (Lipinski definition) is 3. The van der Waals surface area contributed by atoms with Crippen LogP contribution in [0.15, 0.2) is 29.3 Å². The maximum absolute atomic E-state index is 12.3. The van der Waals surface area contributed by atoms with E-state index in [-0.39, 0.29) is 36.3 Å². The summed E-state index contributed by atoms with van der Waals surface area (Å²) in [5.41, 5.74) is 0.757. The number of aliphatic imine (C=N–C) groups is 1. The average molecular weight is 517 g/mol. The van der Waals surface area contributed by atoms with Gasteiger partial charge in [0.1, 0.15) is 5.75 Å². The van der Waals surface area contributed by atoms with E-state index in [1.165, 1.54) is 6.07 Å². The number of aliphatic hydroxyl groups is 1. The molecule has 1 rings (SSSR count). The van der Waals surface area contributed by atoms with Crippen LogP contribution in [0.5, 0.6) is 5.75 Å². The molecule has 0 heterocycles. The molecule has 9 heteroatoms. The van der Waals surface area contributed by atoms with Gasteiger partial charge in [0.2, 0.25) is 0 Å². The number of ether oxygens (including phenoxy) is 1. The molecule has 0 amide bonds. The number of nitrogens with zero attached hydrogens (tertiary/aromatic N) is 1. The number of aliphatic hydroxyl groups excluding tert-OH is 1. The predicted octanol–water partition coefficient (Wildman–Crippen LogP) is 4.10. The molecular weight excluding hydrogens is 486 g/mol. The molecule has 0 aromatic heterocycles. The van der Waals surface area contributed by atoms with Gasteiger partial charge < -0.3 is 20.5 Å². The number of hydrogen-bond acceptors (Lipinski definition) is 3. The molecule has 1 aromatic rings. The van der Waals surface area contributed by atoms with Crippen molar-refractivity contribution in [1.29, 1.82) is 0 Å². The molecule has 0 saturated heterocycles. The highest BCUT2D eigenvalue weighted by atomic mass is 127. The summed E-state index contributed by atoms with van der Waals surface area (Å²) in [4.78, 5) is 4.48. The third-order valence-electron chi connectivity index (χ3n) is 3.86. The van der Waals surface area contributed by atoms with Gasteiger partial charge in [-0.3, -0.25) is 0 Å². The minimum atomic E-state index is -4.36. The van der Waals surface area contributed by atoms with Crippen molar-refractivity contribution in [3.63, 3.8) is 0 Å². The molecule has 0 aliphatic heterocycles. The Kier molecular flexibility index (Phi) is 14.1. The number of benzene rings is 1. The van der Waals surface area contributed by atoms with Gasteiger partial charge in [0.15, 0.2) is 12.6 Å². The summed E-state index contributed by atoms with van der Waals surface area (Å²) < 4.78 is 41.6. The van der Waals surface area contributed by atoms with Crippen molar-refractivity contribution >= 4 is 29.9 Å². The van der Waals surface area contributed by atoms with Crippen LogP contribution in [0.25, 0.3) is 0 Å². The van der Waals surface area contributed by atoms with Crippen LogP contribution in [0.2, 0.25) is 0 Å². The van der Waals surface area contributed by atoms with Crippen molar-refractivity contribution in [1.82, 2.24) is 10.6 Å². The summed E-state index contributed by atoms with van der Waals surface area (Å²) in [6.45, 7) is 4.63. The summed E-state index contributed by atoms with van der Waals surface area (Å²) in [5.74, 6) is 1.17. The van der Waals surface area contributed by atoms with E-state index in [1.807, 2.05) is 6.92 Å². The number of halogens is 4. The van der Waals surface area contributed by atoms with Crippen molar-refractivity contribution < 1.29 is 23.0 Å². The highest BCUT2D eigenvalue weighted by Crippen LogP contribution is 2.19. The summed E-state index contributed by atoms with van der Waals surface area (Å²) >= 11 is 0. The van der Waals surface area contributed by atoms with Crippen LogP contribution in [0, 0.1) is 5.92 Å². The maximum atomic E-state index is 12.3. The zero-order chi connectivity index (χ0) is 20.1. The molecule has 162 valence electrons. The quantitative estimate of drug-likeness (QED) is 0.235. The number of alkyl halides is 3. The second-order valence-corrected chi connectivity index (χ2v) is 6.29. The van der Waals surface area contributed by atoms with Crippen LogP contribution in [0.1, 0.15) is 38.7 Å². The van der Waals surface area contributed by atoms with Crippen molar-refractivity contribution in [3.8, 4) is 5.75 Å². The van der Waals surface area contributed by atoms with Gasteiger partial charge in [0.25, 0.3) is 0 Å². The minimum absolute atomic E-state index is 0. The van der Waals surface area contributed by atoms with Gasteiger partial charge in [0, 0.05) is 19.7 Å². The van der Waals surface area contributed by atoms with Gasteiger partial charge in [-0.1, -0.05) is 25.5 Å². The van der Waals surface area contributed by atoms with E-state index in [1.54, 1.807) is 18.2 Å². The fourth-order valence-corrected chi connectivity index (χ4v) is 2.59. The molecule has 0 fully saturated rings. The van der Waals surface area contributed by atoms with E-state index < -0.39 is 12.8 Å². The highest BCUT2D eigenvalue weighted by molar-refractivity contribution is 14.0. The third-order valence-corrected chi connectivity index (χ3v) is 3.86. The van der Waals surface area contributed by atoms with Gasteiger partial charge >= 0.3 is 6.18 Å². The molecule has 0 aliphatic carbocycles. The fourth-order valence-electron chi connectivity index (χ4n) is 2.59. The average Bonchev–Trinajstić information content (AvgIpc) is 2.62. The Morgan fingerprint density at radius 1 is 1.21 bits per heavy atom. The Hall–Kier alpha value is -1.23. The number of rotatable bonds is 11. The molecule has 0 spiro atoms. The van der Waals surface area contributed by atoms with Crippen molar-refractivity contribution in [3.05, 3.63) is 29.8 Å².